The molecule has 2 aliphatic heterocycles. The van der Waals surface area contributed by atoms with Crippen LogP contribution < -0.4 is 0 Å². The third-order valence-electron chi connectivity index (χ3n) is 1.55. The predicted molar refractivity (Wildman–Crippen MR) is 32.8 cm³/mol. The summed E-state index contributed by atoms with van der Waals surface area (Å²) in [4.78, 5) is 6.49. The van der Waals surface area contributed by atoms with Gasteiger partial charge in [0.25, 0.3) is 0 Å². The van der Waals surface area contributed by atoms with E-state index in [4.69, 9.17) is 0 Å². The maximum absolute atomic E-state index is 4.28. The van der Waals surface area contributed by atoms with Crippen LogP contribution in [0.15, 0.2) is 17.3 Å². The fourth-order valence-corrected chi connectivity index (χ4v) is 1.13. The lowest BCUT2D eigenvalue weighted by molar-refractivity contribution is 0.619. The first-order valence-corrected chi connectivity index (χ1v) is 2.93. The van der Waals surface area contributed by atoms with E-state index in [2.05, 4.69) is 22.2 Å². The van der Waals surface area contributed by atoms with Crippen molar-refractivity contribution in [1.82, 2.24) is 4.90 Å². The molecule has 0 atom stereocenters. The molecule has 2 rings (SSSR count). The SMILES string of the molecule is C1=CN2CCN=C2C1. The average molecular weight is 108 g/mol. The normalized spacial score (nSPS) is 24.0. The minimum atomic E-state index is 1.000. The summed E-state index contributed by atoms with van der Waals surface area (Å²) in [7, 11) is 0. The Morgan fingerprint density at radius 2 is 2.62 bits per heavy atom. The number of rotatable bonds is 0. The van der Waals surface area contributed by atoms with Crippen LogP contribution in [0.2, 0.25) is 0 Å². The van der Waals surface area contributed by atoms with E-state index in [0.717, 1.165) is 19.5 Å². The lowest BCUT2D eigenvalue weighted by Crippen LogP contribution is -2.15. The standard InChI is InChI=1S/C6H8N2/c1-2-6-7-3-5-8(6)4-1/h1,4H,2-3,5H2. The Morgan fingerprint density at radius 3 is 3.50 bits per heavy atom. The van der Waals surface area contributed by atoms with E-state index >= 15 is 0 Å². The van der Waals surface area contributed by atoms with Crippen molar-refractivity contribution in [1.29, 1.82) is 0 Å². The van der Waals surface area contributed by atoms with E-state index in [-0.39, 0.29) is 0 Å². The quantitative estimate of drug-likeness (QED) is 0.444. The Hall–Kier alpha value is -0.790. The van der Waals surface area contributed by atoms with Crippen molar-refractivity contribution < 1.29 is 0 Å². The van der Waals surface area contributed by atoms with Crippen LogP contribution >= 0.6 is 0 Å². The van der Waals surface area contributed by atoms with Crippen molar-refractivity contribution in [2.24, 2.45) is 4.99 Å². The second-order valence-electron chi connectivity index (χ2n) is 2.08. The largest absolute Gasteiger partial charge is 0.335 e. The van der Waals surface area contributed by atoms with E-state index in [9.17, 15) is 0 Å². The Balaban J connectivity index is 2.28. The molecular weight excluding hydrogens is 100 g/mol. The Morgan fingerprint density at radius 1 is 1.62 bits per heavy atom. The summed E-state index contributed by atoms with van der Waals surface area (Å²) in [6, 6.07) is 0. The van der Waals surface area contributed by atoms with Crippen molar-refractivity contribution in [2.75, 3.05) is 13.1 Å². The predicted octanol–water partition coefficient (Wildman–Crippen LogP) is 0.618. The van der Waals surface area contributed by atoms with Gasteiger partial charge in [0, 0.05) is 19.2 Å². The highest BCUT2D eigenvalue weighted by Gasteiger charge is 2.16. The van der Waals surface area contributed by atoms with Gasteiger partial charge in [-0.15, -0.1) is 0 Å². The van der Waals surface area contributed by atoms with Crippen molar-refractivity contribution in [3.63, 3.8) is 0 Å². The molecule has 0 spiro atoms. The van der Waals surface area contributed by atoms with Gasteiger partial charge in [0.05, 0.1) is 6.54 Å². The molecule has 0 aliphatic carbocycles. The molecule has 8 heavy (non-hydrogen) atoms. The van der Waals surface area contributed by atoms with Gasteiger partial charge in [0.2, 0.25) is 0 Å². The highest BCUT2D eigenvalue weighted by Crippen LogP contribution is 2.11. The fourth-order valence-electron chi connectivity index (χ4n) is 1.13. The van der Waals surface area contributed by atoms with Gasteiger partial charge in [-0.2, -0.15) is 0 Å². The smallest absolute Gasteiger partial charge is 0.107 e. The molecule has 0 saturated carbocycles. The zero-order chi connectivity index (χ0) is 5.40. The van der Waals surface area contributed by atoms with Crippen LogP contribution in [0.4, 0.5) is 0 Å². The van der Waals surface area contributed by atoms with E-state index < -0.39 is 0 Å². The fraction of sp³-hybridized carbons (Fsp3) is 0.500. The van der Waals surface area contributed by atoms with Crippen LogP contribution in [0.1, 0.15) is 6.42 Å². The van der Waals surface area contributed by atoms with E-state index in [1.807, 2.05) is 0 Å². The second-order valence-corrected chi connectivity index (χ2v) is 2.08. The zero-order valence-electron chi connectivity index (χ0n) is 4.67. The molecule has 2 heteroatoms. The van der Waals surface area contributed by atoms with Crippen LogP contribution in [0.3, 0.4) is 0 Å². The number of fused-ring (bicyclic) bond motifs is 1. The Kier molecular flexibility index (Phi) is 0.692. The van der Waals surface area contributed by atoms with E-state index in [1.165, 1.54) is 5.84 Å². The molecule has 0 aromatic carbocycles. The zero-order valence-corrected chi connectivity index (χ0v) is 4.67. The molecule has 42 valence electrons. The van der Waals surface area contributed by atoms with Crippen LogP contribution in [0, 0.1) is 0 Å². The Labute approximate surface area is 48.5 Å². The van der Waals surface area contributed by atoms with Crippen LogP contribution in [0.5, 0.6) is 0 Å². The minimum Gasteiger partial charge on any atom is -0.335 e. The molecule has 0 aromatic rings. The first-order chi connectivity index (χ1) is 3.97. The molecule has 0 bridgehead atoms. The van der Waals surface area contributed by atoms with Gasteiger partial charge < -0.3 is 4.90 Å². The second kappa shape index (κ2) is 1.34. The molecule has 2 aliphatic rings. The number of amidine groups is 1. The molecule has 2 nitrogen and oxygen atoms in total. The van der Waals surface area contributed by atoms with E-state index in [1.54, 1.807) is 0 Å². The van der Waals surface area contributed by atoms with E-state index in [0.29, 0.717) is 0 Å². The molecule has 2 heterocycles. The summed E-state index contributed by atoms with van der Waals surface area (Å²) in [5, 5.41) is 0. The lowest BCUT2D eigenvalue weighted by atomic mass is 10.4. The molecule has 0 radical (unpaired) electrons. The van der Waals surface area contributed by atoms with Crippen LogP contribution in [-0.2, 0) is 0 Å². The summed E-state index contributed by atoms with van der Waals surface area (Å²) >= 11 is 0. The number of hydrogen-bond acceptors (Lipinski definition) is 2. The van der Waals surface area contributed by atoms with Crippen molar-refractivity contribution in [3.8, 4) is 0 Å². The topological polar surface area (TPSA) is 15.6 Å². The molecule has 0 fully saturated rings. The van der Waals surface area contributed by atoms with Gasteiger partial charge in [-0.25, -0.2) is 0 Å². The van der Waals surface area contributed by atoms with Gasteiger partial charge in [0.15, 0.2) is 0 Å². The van der Waals surface area contributed by atoms with Crippen molar-refractivity contribution in [3.05, 3.63) is 12.3 Å². The monoisotopic (exact) mass is 108 g/mol. The summed E-state index contributed by atoms with van der Waals surface area (Å²) in [6.45, 7) is 2.10. The van der Waals surface area contributed by atoms with Crippen molar-refractivity contribution in [2.45, 2.75) is 6.42 Å². The summed E-state index contributed by atoms with van der Waals surface area (Å²) in [5.74, 6) is 1.25. The first kappa shape index (κ1) is 4.13. The van der Waals surface area contributed by atoms with Crippen molar-refractivity contribution >= 4 is 5.84 Å². The third kappa shape index (κ3) is 0.399. The van der Waals surface area contributed by atoms with Crippen LogP contribution in [-0.4, -0.2) is 23.8 Å². The molecule has 0 saturated heterocycles. The average Bonchev–Trinajstić information content (AvgIpc) is 2.15. The van der Waals surface area contributed by atoms with Gasteiger partial charge in [-0.3, -0.25) is 4.99 Å². The third-order valence-corrected chi connectivity index (χ3v) is 1.55. The van der Waals surface area contributed by atoms with Gasteiger partial charge in [0.1, 0.15) is 5.84 Å². The lowest BCUT2D eigenvalue weighted by Gasteiger charge is -2.05. The maximum atomic E-state index is 4.28. The highest BCUT2D eigenvalue weighted by atomic mass is 15.2. The number of aliphatic imine (C=N–C) groups is 1. The van der Waals surface area contributed by atoms with Crippen LogP contribution in [0.25, 0.3) is 0 Å². The Bertz CT molecular complexity index is 158. The van der Waals surface area contributed by atoms with Gasteiger partial charge >= 0.3 is 0 Å². The maximum Gasteiger partial charge on any atom is 0.107 e. The molecular formula is C6H8N2. The number of nitrogens with zero attached hydrogens (tertiary/aromatic N) is 2. The summed E-state index contributed by atoms with van der Waals surface area (Å²) in [6.07, 6.45) is 5.32. The minimum absolute atomic E-state index is 1.000. The molecule has 0 aromatic heterocycles. The van der Waals surface area contributed by atoms with Gasteiger partial charge in [-0.05, 0) is 0 Å². The van der Waals surface area contributed by atoms with Gasteiger partial charge in [-0.1, -0.05) is 6.08 Å². The summed E-state index contributed by atoms with van der Waals surface area (Å²) in [5.41, 5.74) is 0. The molecule has 0 N–H and O–H groups in total. The molecule has 0 unspecified atom stereocenters. The molecule has 0 amide bonds. The number of hydrogen-bond donors (Lipinski definition) is 0. The first-order valence-electron chi connectivity index (χ1n) is 2.93. The summed E-state index contributed by atoms with van der Waals surface area (Å²) < 4.78 is 0. The highest BCUT2D eigenvalue weighted by molar-refractivity contribution is 5.88.